The lowest BCUT2D eigenvalue weighted by Crippen LogP contribution is -2.40. The smallest absolute Gasteiger partial charge is 0.331 e. The quantitative estimate of drug-likeness (QED) is 0.0916. The first-order valence-electron chi connectivity index (χ1n) is 15.2. The van der Waals surface area contributed by atoms with Crippen LogP contribution in [-0.2, 0) is 36.7 Å². The van der Waals surface area contributed by atoms with Crippen molar-refractivity contribution in [2.75, 3.05) is 72.3 Å². The summed E-state index contributed by atoms with van der Waals surface area (Å²) in [7, 11) is -5.24. The number of hydrogen-bond acceptors (Lipinski definition) is 11. The Kier molecular flexibility index (Phi) is 27.9. The van der Waals surface area contributed by atoms with Crippen LogP contribution in [0, 0.1) is 11.8 Å². The monoisotopic (exact) mass is 636 g/mol. The minimum absolute atomic E-state index is 0.0621. The zero-order chi connectivity index (χ0) is 31.6. The fourth-order valence-electron chi connectivity index (χ4n) is 3.32. The van der Waals surface area contributed by atoms with Gasteiger partial charge in [-0.1, -0.05) is 53.4 Å². The minimum atomic E-state index is -3.19. The van der Waals surface area contributed by atoms with Crippen molar-refractivity contribution < 1.29 is 52.0 Å². The lowest BCUT2D eigenvalue weighted by atomic mass is 10.2. The molecule has 250 valence electrons. The SMILES string of the molecule is CCCCOP(=O)(CC(CO)CO)OCCCC.CCCCOP(=O)(CC1COC(C)(C)OC1)OCCCC.CO. The van der Waals surface area contributed by atoms with Gasteiger partial charge in [-0.25, -0.2) is 0 Å². The standard InChI is InChI=1S/C15H31O5P.C12H27O5P.CH4O/c1-5-7-9-19-21(16,20-10-8-6-2)13-14-11-17-15(3,4)18-12-14;1-3-5-7-16-18(15,17-8-6-4-2)11-12(9-13)10-14;1-2/h14H,5-13H2,1-4H3;12-14H,3-11H2,1-2H3;2H,1H3. The highest BCUT2D eigenvalue weighted by molar-refractivity contribution is 7.54. The number of aliphatic hydroxyl groups excluding tert-OH is 3. The van der Waals surface area contributed by atoms with Crippen LogP contribution >= 0.6 is 15.2 Å². The van der Waals surface area contributed by atoms with Crippen molar-refractivity contribution in [2.24, 2.45) is 11.8 Å². The van der Waals surface area contributed by atoms with Gasteiger partial charge in [-0.15, -0.1) is 0 Å². The van der Waals surface area contributed by atoms with Gasteiger partial charge < -0.3 is 42.9 Å². The summed E-state index contributed by atoms with van der Waals surface area (Å²) in [4.78, 5) is 0. The van der Waals surface area contributed by atoms with Gasteiger partial charge in [0.2, 0.25) is 0 Å². The summed E-state index contributed by atoms with van der Waals surface area (Å²) in [6, 6.07) is 0. The molecule has 0 saturated carbocycles. The maximum Gasteiger partial charge on any atom is 0.331 e. The molecule has 0 spiro atoms. The van der Waals surface area contributed by atoms with Crippen molar-refractivity contribution in [1.29, 1.82) is 0 Å². The van der Waals surface area contributed by atoms with Gasteiger partial charge in [0.25, 0.3) is 0 Å². The van der Waals surface area contributed by atoms with E-state index in [-0.39, 0.29) is 25.3 Å². The molecule has 41 heavy (non-hydrogen) atoms. The highest BCUT2D eigenvalue weighted by atomic mass is 31.2. The molecule has 3 N–H and O–H groups in total. The van der Waals surface area contributed by atoms with E-state index in [9.17, 15) is 9.13 Å². The van der Waals surface area contributed by atoms with Crippen molar-refractivity contribution in [3.8, 4) is 0 Å². The molecule has 0 aromatic rings. The Morgan fingerprint density at radius 3 is 1.37 bits per heavy atom. The van der Waals surface area contributed by atoms with E-state index in [1.54, 1.807) is 0 Å². The zero-order valence-electron chi connectivity index (χ0n) is 26.9. The number of rotatable bonds is 22. The Labute approximate surface area is 250 Å². The first-order chi connectivity index (χ1) is 19.5. The van der Waals surface area contributed by atoms with E-state index < -0.39 is 26.9 Å². The summed E-state index contributed by atoms with van der Waals surface area (Å²) >= 11 is 0. The summed E-state index contributed by atoms with van der Waals surface area (Å²) < 4.78 is 58.4. The Morgan fingerprint density at radius 2 is 1.05 bits per heavy atom. The van der Waals surface area contributed by atoms with Gasteiger partial charge in [0.15, 0.2) is 5.79 Å². The van der Waals surface area contributed by atoms with Crippen LogP contribution in [-0.4, -0.2) is 93.4 Å². The van der Waals surface area contributed by atoms with E-state index in [2.05, 4.69) is 13.8 Å². The van der Waals surface area contributed by atoms with Gasteiger partial charge in [0.1, 0.15) is 0 Å². The van der Waals surface area contributed by atoms with E-state index in [1.165, 1.54) is 0 Å². The van der Waals surface area contributed by atoms with E-state index in [0.29, 0.717) is 45.8 Å². The molecule has 1 saturated heterocycles. The van der Waals surface area contributed by atoms with Crippen LogP contribution in [0.2, 0.25) is 0 Å². The summed E-state index contributed by atoms with van der Waals surface area (Å²) in [5.74, 6) is -0.932. The summed E-state index contributed by atoms with van der Waals surface area (Å²) in [5, 5.41) is 25.1. The molecule has 1 aliphatic heterocycles. The minimum Gasteiger partial charge on any atom is -0.400 e. The second-order valence-corrected chi connectivity index (χ2v) is 14.7. The number of hydrogen-bond donors (Lipinski definition) is 3. The van der Waals surface area contributed by atoms with Crippen molar-refractivity contribution in [1.82, 2.24) is 0 Å². The first-order valence-corrected chi connectivity index (χ1v) is 18.7. The van der Waals surface area contributed by atoms with Crippen molar-refractivity contribution in [2.45, 2.75) is 98.7 Å². The number of ether oxygens (including phenoxy) is 2. The third-order valence-electron chi connectivity index (χ3n) is 5.96. The predicted molar refractivity (Wildman–Crippen MR) is 164 cm³/mol. The Morgan fingerprint density at radius 1 is 0.707 bits per heavy atom. The fourth-order valence-corrected chi connectivity index (χ4v) is 7.22. The van der Waals surface area contributed by atoms with Gasteiger partial charge in [-0.05, 0) is 39.5 Å². The number of unbranched alkanes of at least 4 members (excludes halogenated alkanes) is 4. The highest BCUT2D eigenvalue weighted by Crippen LogP contribution is 2.51. The largest absolute Gasteiger partial charge is 0.400 e. The summed E-state index contributed by atoms with van der Waals surface area (Å²) in [5.41, 5.74) is 0. The van der Waals surface area contributed by atoms with Crippen LogP contribution < -0.4 is 0 Å². The number of aliphatic hydroxyl groups is 3. The van der Waals surface area contributed by atoms with Crippen LogP contribution in [0.4, 0.5) is 0 Å². The molecule has 11 nitrogen and oxygen atoms in total. The van der Waals surface area contributed by atoms with E-state index >= 15 is 0 Å². The van der Waals surface area contributed by atoms with Gasteiger partial charge in [-0.3, -0.25) is 9.13 Å². The second-order valence-electron chi connectivity index (χ2n) is 10.5. The summed E-state index contributed by atoms with van der Waals surface area (Å²) in [6.07, 6.45) is 7.82. The molecule has 0 radical (unpaired) electrons. The maximum atomic E-state index is 12.8. The van der Waals surface area contributed by atoms with Gasteiger partial charge in [0, 0.05) is 32.2 Å². The van der Waals surface area contributed by atoms with Crippen LogP contribution in [0.5, 0.6) is 0 Å². The average Bonchev–Trinajstić information content (AvgIpc) is 2.95. The van der Waals surface area contributed by atoms with Crippen LogP contribution in [0.25, 0.3) is 0 Å². The Hall–Kier alpha value is 0.1000. The maximum absolute atomic E-state index is 12.8. The fraction of sp³-hybridized carbons (Fsp3) is 1.00. The van der Waals surface area contributed by atoms with E-state index in [0.717, 1.165) is 58.5 Å². The first kappa shape index (κ1) is 43.2. The summed E-state index contributed by atoms with van der Waals surface area (Å²) in [6.45, 7) is 14.4. The Bertz CT molecular complexity index is 637. The van der Waals surface area contributed by atoms with Crippen molar-refractivity contribution >= 4 is 15.2 Å². The molecule has 1 aliphatic rings. The lowest BCUT2D eigenvalue weighted by molar-refractivity contribution is -0.259. The topological polar surface area (TPSA) is 150 Å². The molecule has 1 heterocycles. The van der Waals surface area contributed by atoms with E-state index in [1.807, 2.05) is 27.7 Å². The molecule has 0 unspecified atom stereocenters. The third-order valence-corrected chi connectivity index (χ3v) is 10.2. The second kappa shape index (κ2) is 26.5. The average molecular weight is 637 g/mol. The third kappa shape index (κ3) is 23.2. The molecule has 1 fully saturated rings. The molecular formula is C28H62O11P2. The molecular weight excluding hydrogens is 574 g/mol. The predicted octanol–water partition coefficient (Wildman–Crippen LogP) is 6.23. The van der Waals surface area contributed by atoms with Gasteiger partial charge >= 0.3 is 15.2 Å². The van der Waals surface area contributed by atoms with Gasteiger partial charge in [0.05, 0.1) is 52.0 Å². The molecule has 0 amide bonds. The van der Waals surface area contributed by atoms with Crippen LogP contribution in [0.3, 0.4) is 0 Å². The zero-order valence-corrected chi connectivity index (χ0v) is 28.7. The molecule has 0 aliphatic carbocycles. The van der Waals surface area contributed by atoms with Crippen LogP contribution in [0.1, 0.15) is 92.9 Å². The molecule has 0 aromatic heterocycles. The lowest BCUT2D eigenvalue weighted by Gasteiger charge is -2.35. The van der Waals surface area contributed by atoms with Crippen molar-refractivity contribution in [3.63, 3.8) is 0 Å². The van der Waals surface area contributed by atoms with Crippen molar-refractivity contribution in [3.05, 3.63) is 0 Å². The Balaban J connectivity index is 0. The molecule has 0 aromatic carbocycles. The highest BCUT2D eigenvalue weighted by Gasteiger charge is 2.35. The van der Waals surface area contributed by atoms with Crippen LogP contribution in [0.15, 0.2) is 0 Å². The normalized spacial score (nSPS) is 15.7. The molecule has 0 atom stereocenters. The van der Waals surface area contributed by atoms with E-state index in [4.69, 9.17) is 42.9 Å². The molecule has 13 heteroatoms. The molecule has 0 bridgehead atoms. The molecule has 1 rings (SSSR count). The van der Waals surface area contributed by atoms with Gasteiger partial charge in [-0.2, -0.15) is 0 Å².